The van der Waals surface area contributed by atoms with Gasteiger partial charge in [-0.2, -0.15) is 10.2 Å². The van der Waals surface area contributed by atoms with Crippen LogP contribution in [0.15, 0.2) is 61.2 Å². The number of nitrogens with zero attached hydrogens (tertiary/aromatic N) is 8. The summed E-state index contributed by atoms with van der Waals surface area (Å²) in [5, 5.41) is 15.0. The molecule has 4 aliphatic rings. The van der Waals surface area contributed by atoms with E-state index in [9.17, 15) is 9.59 Å². The Morgan fingerprint density at radius 1 is 0.746 bits per heavy atom. The van der Waals surface area contributed by atoms with Gasteiger partial charge in [-0.1, -0.05) is 6.07 Å². The van der Waals surface area contributed by atoms with Crippen molar-refractivity contribution in [2.24, 2.45) is 0 Å². The molecule has 59 heavy (non-hydrogen) atoms. The minimum atomic E-state index is -0.0368. The van der Waals surface area contributed by atoms with Crippen LogP contribution in [0.1, 0.15) is 79.7 Å². The van der Waals surface area contributed by atoms with Gasteiger partial charge in [0.1, 0.15) is 5.75 Å². The van der Waals surface area contributed by atoms with E-state index in [1.165, 1.54) is 17.0 Å². The SMILES string of the molecule is COc1cc(-c2nn(C3CCOC(Cc4cc(-c5nn(C6CCOCC6)c6c5CN(C(C)=O)CC6)c5cnccc5c4)C3)c3c2CN(C(C)=O)CC3)c2cnccc2c1. The van der Waals surface area contributed by atoms with E-state index in [-0.39, 0.29) is 30.0 Å². The van der Waals surface area contributed by atoms with Gasteiger partial charge >= 0.3 is 0 Å². The lowest BCUT2D eigenvalue weighted by Crippen LogP contribution is -2.36. The number of amides is 2. The van der Waals surface area contributed by atoms with Gasteiger partial charge < -0.3 is 24.0 Å². The molecule has 4 aliphatic heterocycles. The summed E-state index contributed by atoms with van der Waals surface area (Å²) in [7, 11) is 1.69. The molecule has 0 bridgehead atoms. The molecule has 2 fully saturated rings. The van der Waals surface area contributed by atoms with Gasteiger partial charge in [-0.3, -0.25) is 28.9 Å². The number of carbonyl (C=O) groups is 2. The highest BCUT2D eigenvalue weighted by atomic mass is 16.5. The third-order valence-corrected chi connectivity index (χ3v) is 13.0. The quantitative estimate of drug-likeness (QED) is 0.175. The number of aromatic nitrogens is 6. The largest absolute Gasteiger partial charge is 0.497 e. The minimum Gasteiger partial charge on any atom is -0.497 e. The fourth-order valence-electron chi connectivity index (χ4n) is 9.94. The van der Waals surface area contributed by atoms with Crippen LogP contribution in [0.5, 0.6) is 5.75 Å². The van der Waals surface area contributed by atoms with Gasteiger partial charge in [0.05, 0.1) is 36.7 Å². The van der Waals surface area contributed by atoms with E-state index in [1.54, 1.807) is 27.2 Å². The highest BCUT2D eigenvalue weighted by Gasteiger charge is 2.34. The lowest BCUT2D eigenvalue weighted by molar-refractivity contribution is -0.130. The first kappa shape index (κ1) is 37.6. The second-order valence-electron chi connectivity index (χ2n) is 16.5. The summed E-state index contributed by atoms with van der Waals surface area (Å²) >= 11 is 0. The third-order valence-electron chi connectivity index (χ3n) is 13.0. The molecule has 10 rings (SSSR count). The lowest BCUT2D eigenvalue weighted by atomic mass is 9.92. The normalized spacial score (nSPS) is 19.8. The number of hydrogen-bond acceptors (Lipinski definition) is 9. The highest BCUT2D eigenvalue weighted by Crippen LogP contribution is 2.41. The first-order chi connectivity index (χ1) is 28.8. The predicted octanol–water partition coefficient (Wildman–Crippen LogP) is 6.64. The molecule has 0 saturated carbocycles. The Bertz CT molecular complexity index is 2590. The van der Waals surface area contributed by atoms with E-state index in [0.717, 1.165) is 119 Å². The fraction of sp³-hybridized carbons (Fsp3) is 0.435. The molecule has 0 aliphatic carbocycles. The van der Waals surface area contributed by atoms with Crippen LogP contribution >= 0.6 is 0 Å². The molecule has 304 valence electrons. The van der Waals surface area contributed by atoms with Crippen molar-refractivity contribution < 1.29 is 23.8 Å². The van der Waals surface area contributed by atoms with Crippen LogP contribution in [0, 0.1) is 0 Å². The summed E-state index contributed by atoms with van der Waals surface area (Å²) in [6, 6.07) is 13.1. The summed E-state index contributed by atoms with van der Waals surface area (Å²) in [5.74, 6) is 0.903. The Morgan fingerprint density at radius 3 is 1.93 bits per heavy atom. The number of fused-ring (bicyclic) bond motifs is 4. The molecular weight excluding hydrogens is 745 g/mol. The minimum absolute atomic E-state index is 0.0368. The Morgan fingerprint density at radius 2 is 1.32 bits per heavy atom. The first-order valence-electron chi connectivity index (χ1n) is 21.0. The molecule has 2 atom stereocenters. The standard InChI is InChI=1S/C46H50N8O5/c1-28(55)51-13-6-43-41(26-51)45(49-53(43)33-8-15-58-16-9-33)37-20-30(18-31-4-11-47-24-39(31)37)19-36-22-34(10-17-59-36)54-44-7-14-52(29(2)56)27-42(44)46(50-54)38-23-35(57-3)21-32-5-12-48-25-40(32)38/h4-5,11-12,18,20-21,23-25,33-34,36H,6-10,13-17,19,22,26-27H2,1-3H3. The van der Waals surface area contributed by atoms with E-state index >= 15 is 0 Å². The third kappa shape index (κ3) is 6.93. The number of carbonyl (C=O) groups excluding carboxylic acids is 2. The zero-order valence-electron chi connectivity index (χ0n) is 34.0. The summed E-state index contributed by atoms with van der Waals surface area (Å²) in [4.78, 5) is 38.3. The number of benzene rings is 2. The molecule has 8 heterocycles. The Hall–Kier alpha value is -5.66. The van der Waals surface area contributed by atoms with Crippen LogP contribution in [0.4, 0.5) is 0 Å². The van der Waals surface area contributed by atoms with Gasteiger partial charge in [0.15, 0.2) is 0 Å². The van der Waals surface area contributed by atoms with Gasteiger partial charge in [-0.05, 0) is 78.8 Å². The number of rotatable bonds is 7. The second-order valence-corrected chi connectivity index (χ2v) is 16.5. The molecule has 2 aromatic carbocycles. The first-order valence-corrected chi connectivity index (χ1v) is 21.0. The van der Waals surface area contributed by atoms with Crippen LogP contribution in [0.2, 0.25) is 0 Å². The molecular formula is C46H50N8O5. The van der Waals surface area contributed by atoms with E-state index in [4.69, 9.17) is 24.4 Å². The van der Waals surface area contributed by atoms with E-state index in [2.05, 4.69) is 37.5 Å². The maximum absolute atomic E-state index is 12.7. The molecule has 0 spiro atoms. The van der Waals surface area contributed by atoms with E-state index in [1.807, 2.05) is 46.6 Å². The monoisotopic (exact) mass is 794 g/mol. The molecule has 0 radical (unpaired) electrons. The summed E-state index contributed by atoms with van der Waals surface area (Å²) in [6.07, 6.45) is 13.2. The molecule has 2 saturated heterocycles. The Labute approximate surface area is 343 Å². The van der Waals surface area contributed by atoms with Crippen LogP contribution in [0.25, 0.3) is 44.1 Å². The van der Waals surface area contributed by atoms with Crippen molar-refractivity contribution in [1.29, 1.82) is 0 Å². The van der Waals surface area contributed by atoms with Crippen LogP contribution in [-0.2, 0) is 51.4 Å². The van der Waals surface area contributed by atoms with Crippen molar-refractivity contribution >= 4 is 33.4 Å². The second kappa shape index (κ2) is 15.5. The molecule has 6 aromatic rings. The maximum Gasteiger partial charge on any atom is 0.219 e. The van der Waals surface area contributed by atoms with Gasteiger partial charge in [0.2, 0.25) is 11.8 Å². The van der Waals surface area contributed by atoms with Crippen molar-refractivity contribution in [2.45, 2.75) is 90.1 Å². The Balaban J connectivity index is 1.00. The van der Waals surface area contributed by atoms with Gasteiger partial charge in [-0.15, -0.1) is 0 Å². The summed E-state index contributed by atoms with van der Waals surface area (Å²) in [6.45, 7) is 7.80. The zero-order chi connectivity index (χ0) is 40.2. The Kier molecular flexibility index (Phi) is 9.88. The molecule has 2 unspecified atom stereocenters. The fourth-order valence-corrected chi connectivity index (χ4v) is 9.94. The van der Waals surface area contributed by atoms with Crippen molar-refractivity contribution in [1.82, 2.24) is 39.3 Å². The van der Waals surface area contributed by atoms with Crippen molar-refractivity contribution in [3.63, 3.8) is 0 Å². The van der Waals surface area contributed by atoms with Crippen molar-refractivity contribution in [3.8, 4) is 28.3 Å². The number of pyridine rings is 2. The maximum atomic E-state index is 12.7. The topological polar surface area (TPSA) is 130 Å². The number of methoxy groups -OCH3 is 1. The van der Waals surface area contributed by atoms with Gasteiger partial charge in [0.25, 0.3) is 0 Å². The molecule has 0 N–H and O–H groups in total. The van der Waals surface area contributed by atoms with Crippen molar-refractivity contribution in [2.75, 3.05) is 40.0 Å². The number of ether oxygens (including phenoxy) is 3. The molecule has 13 nitrogen and oxygen atoms in total. The van der Waals surface area contributed by atoms with Crippen LogP contribution in [0.3, 0.4) is 0 Å². The summed E-state index contributed by atoms with van der Waals surface area (Å²) < 4.78 is 22.6. The highest BCUT2D eigenvalue weighted by molar-refractivity contribution is 5.98. The van der Waals surface area contributed by atoms with E-state index in [0.29, 0.717) is 32.8 Å². The molecule has 13 heteroatoms. The average Bonchev–Trinajstić information content (AvgIpc) is 3.85. The molecule has 2 amide bonds. The lowest BCUT2D eigenvalue weighted by Gasteiger charge is -2.32. The number of hydrogen-bond donors (Lipinski definition) is 0. The zero-order valence-corrected chi connectivity index (χ0v) is 34.0. The van der Waals surface area contributed by atoms with Gasteiger partial charge in [0, 0.05) is 142 Å². The molecule has 4 aromatic heterocycles. The smallest absolute Gasteiger partial charge is 0.219 e. The van der Waals surface area contributed by atoms with E-state index < -0.39 is 0 Å². The van der Waals surface area contributed by atoms with Crippen LogP contribution in [-0.4, -0.2) is 97.3 Å². The summed E-state index contributed by atoms with van der Waals surface area (Å²) in [5.41, 5.74) is 9.65. The van der Waals surface area contributed by atoms with Crippen molar-refractivity contribution in [3.05, 3.63) is 89.3 Å². The van der Waals surface area contributed by atoms with Gasteiger partial charge in [-0.25, -0.2) is 0 Å². The van der Waals surface area contributed by atoms with Crippen LogP contribution < -0.4 is 4.74 Å². The average molecular weight is 795 g/mol. The predicted molar refractivity (Wildman–Crippen MR) is 223 cm³/mol.